The number of carbonyl (C=O) groups excluding carboxylic acids is 3. The average molecular weight is 445 g/mol. The lowest BCUT2D eigenvalue weighted by Gasteiger charge is -2.11. The lowest BCUT2D eigenvalue weighted by atomic mass is 10.1. The molecular formula is C24H19N3O6. The fraction of sp³-hybridized carbons (Fsp3) is 0.167. The Hall–Kier alpha value is -4.40. The number of amides is 2. The number of nitrogens with zero attached hydrogens (tertiary/aromatic N) is 2. The number of rotatable bonds is 7. The molecule has 2 aromatic carbocycles. The predicted octanol–water partition coefficient (Wildman–Crippen LogP) is 2.97. The van der Waals surface area contributed by atoms with Gasteiger partial charge in [-0.2, -0.15) is 0 Å². The standard InChI is InChI=1S/C24H19N3O6/c28-21-17-9-8-15(13-18(17)22(29)27(21)14-16-5-3-11-32-16)23(30)33-12-4-10-26-20-7-2-1-6-19(20)25-24(26)31/h1-3,5-9,11,13H,4,10,12,14H2,(H,25,31). The van der Waals surface area contributed by atoms with Gasteiger partial charge in [-0.3, -0.25) is 19.1 Å². The second-order valence-electron chi connectivity index (χ2n) is 7.62. The van der Waals surface area contributed by atoms with Gasteiger partial charge in [0.25, 0.3) is 11.8 Å². The molecule has 1 aliphatic heterocycles. The van der Waals surface area contributed by atoms with Crippen LogP contribution >= 0.6 is 0 Å². The number of benzene rings is 2. The highest BCUT2D eigenvalue weighted by molar-refractivity contribution is 6.21. The van der Waals surface area contributed by atoms with E-state index in [0.29, 0.717) is 18.7 Å². The number of furan rings is 1. The molecule has 5 rings (SSSR count). The average Bonchev–Trinajstić information content (AvgIpc) is 3.51. The van der Waals surface area contributed by atoms with E-state index in [1.54, 1.807) is 16.7 Å². The van der Waals surface area contributed by atoms with Gasteiger partial charge in [0.1, 0.15) is 5.76 Å². The molecule has 166 valence electrons. The monoisotopic (exact) mass is 445 g/mol. The smallest absolute Gasteiger partial charge is 0.338 e. The lowest BCUT2D eigenvalue weighted by molar-refractivity contribution is 0.0495. The molecule has 0 radical (unpaired) electrons. The quantitative estimate of drug-likeness (QED) is 0.266. The number of imidazole rings is 1. The van der Waals surface area contributed by atoms with E-state index < -0.39 is 17.8 Å². The Kier molecular flexibility index (Phi) is 5.14. The maximum atomic E-state index is 12.7. The summed E-state index contributed by atoms with van der Waals surface area (Å²) in [5, 5.41) is 0. The van der Waals surface area contributed by atoms with Crippen LogP contribution in [0.4, 0.5) is 0 Å². The van der Waals surface area contributed by atoms with Crippen LogP contribution in [-0.4, -0.2) is 38.8 Å². The largest absolute Gasteiger partial charge is 0.467 e. The maximum Gasteiger partial charge on any atom is 0.338 e. The van der Waals surface area contributed by atoms with Gasteiger partial charge in [0, 0.05) is 6.54 Å². The molecule has 0 spiro atoms. The summed E-state index contributed by atoms with van der Waals surface area (Å²) in [5.74, 6) is -1.04. The Morgan fingerprint density at radius 2 is 1.79 bits per heavy atom. The summed E-state index contributed by atoms with van der Waals surface area (Å²) in [6.07, 6.45) is 1.91. The van der Waals surface area contributed by atoms with Crippen LogP contribution < -0.4 is 5.69 Å². The van der Waals surface area contributed by atoms with Crippen molar-refractivity contribution in [1.29, 1.82) is 0 Å². The highest BCUT2D eigenvalue weighted by Crippen LogP contribution is 2.26. The molecule has 2 amide bonds. The lowest BCUT2D eigenvalue weighted by Crippen LogP contribution is -2.28. The van der Waals surface area contributed by atoms with Gasteiger partial charge in [-0.05, 0) is 48.9 Å². The van der Waals surface area contributed by atoms with Gasteiger partial charge in [-0.25, -0.2) is 9.59 Å². The molecular weight excluding hydrogens is 426 g/mol. The van der Waals surface area contributed by atoms with E-state index in [2.05, 4.69) is 4.98 Å². The molecule has 0 saturated carbocycles. The minimum atomic E-state index is -0.603. The summed E-state index contributed by atoms with van der Waals surface area (Å²) in [6.45, 7) is 0.501. The van der Waals surface area contributed by atoms with E-state index in [1.807, 2.05) is 24.3 Å². The first-order valence-corrected chi connectivity index (χ1v) is 10.4. The van der Waals surface area contributed by atoms with Gasteiger partial charge in [-0.1, -0.05) is 12.1 Å². The minimum absolute atomic E-state index is 0.0202. The number of hydrogen-bond donors (Lipinski definition) is 1. The van der Waals surface area contributed by atoms with Gasteiger partial charge < -0.3 is 14.1 Å². The first-order chi connectivity index (χ1) is 16.0. The summed E-state index contributed by atoms with van der Waals surface area (Å²) in [7, 11) is 0. The number of carbonyl (C=O) groups is 3. The first-order valence-electron chi connectivity index (χ1n) is 10.4. The molecule has 2 aromatic heterocycles. The van der Waals surface area contributed by atoms with Crippen molar-refractivity contribution in [2.75, 3.05) is 6.61 Å². The van der Waals surface area contributed by atoms with Crippen LogP contribution in [0.5, 0.6) is 0 Å². The SMILES string of the molecule is O=C(OCCCn1c(=O)[nH]c2ccccc21)c1ccc2c(c1)C(=O)N(Cc1ccco1)C2=O. The number of aromatic nitrogens is 2. The minimum Gasteiger partial charge on any atom is -0.467 e. The van der Waals surface area contributed by atoms with Crippen LogP contribution in [0, 0.1) is 0 Å². The van der Waals surface area contributed by atoms with Crippen molar-refractivity contribution in [3.8, 4) is 0 Å². The van der Waals surface area contributed by atoms with Crippen molar-refractivity contribution >= 4 is 28.8 Å². The maximum absolute atomic E-state index is 12.7. The van der Waals surface area contributed by atoms with Crippen molar-refractivity contribution in [3.05, 3.63) is 93.8 Å². The summed E-state index contributed by atoms with van der Waals surface area (Å²) < 4.78 is 12.1. The van der Waals surface area contributed by atoms with E-state index in [4.69, 9.17) is 9.15 Å². The van der Waals surface area contributed by atoms with E-state index in [-0.39, 0.29) is 35.5 Å². The molecule has 0 atom stereocenters. The molecule has 0 bridgehead atoms. The number of aromatic amines is 1. The van der Waals surface area contributed by atoms with Crippen LogP contribution in [0.1, 0.15) is 43.3 Å². The fourth-order valence-corrected chi connectivity index (χ4v) is 3.92. The van der Waals surface area contributed by atoms with E-state index in [1.165, 1.54) is 24.5 Å². The second kappa shape index (κ2) is 8.27. The van der Waals surface area contributed by atoms with Crippen LogP contribution in [0.2, 0.25) is 0 Å². The van der Waals surface area contributed by atoms with Gasteiger partial charge in [0.15, 0.2) is 0 Å². The van der Waals surface area contributed by atoms with Gasteiger partial charge in [-0.15, -0.1) is 0 Å². The fourth-order valence-electron chi connectivity index (χ4n) is 3.92. The van der Waals surface area contributed by atoms with Gasteiger partial charge in [0.2, 0.25) is 0 Å². The topological polar surface area (TPSA) is 115 Å². The Labute approximate surface area is 187 Å². The molecule has 0 aliphatic carbocycles. The number of hydrogen-bond acceptors (Lipinski definition) is 6. The molecule has 4 aromatic rings. The Bertz CT molecular complexity index is 1430. The Morgan fingerprint density at radius 3 is 2.61 bits per heavy atom. The number of imide groups is 1. The number of ether oxygens (including phenoxy) is 1. The third-order valence-corrected chi connectivity index (χ3v) is 5.54. The van der Waals surface area contributed by atoms with Crippen LogP contribution in [0.3, 0.4) is 0 Å². The highest BCUT2D eigenvalue weighted by atomic mass is 16.5. The normalized spacial score (nSPS) is 13.0. The molecule has 1 aliphatic rings. The van der Waals surface area contributed by atoms with Crippen LogP contribution in [-0.2, 0) is 17.8 Å². The number of fused-ring (bicyclic) bond motifs is 2. The predicted molar refractivity (Wildman–Crippen MR) is 117 cm³/mol. The zero-order chi connectivity index (χ0) is 22.9. The number of nitrogens with one attached hydrogen (secondary N) is 1. The van der Waals surface area contributed by atoms with Crippen molar-refractivity contribution in [3.63, 3.8) is 0 Å². The van der Waals surface area contributed by atoms with E-state index >= 15 is 0 Å². The molecule has 1 N–H and O–H groups in total. The van der Waals surface area contributed by atoms with E-state index in [9.17, 15) is 19.2 Å². The molecule has 33 heavy (non-hydrogen) atoms. The zero-order valence-electron chi connectivity index (χ0n) is 17.4. The molecule has 9 heteroatoms. The Morgan fingerprint density at radius 1 is 0.970 bits per heavy atom. The number of H-pyrrole nitrogens is 1. The number of aryl methyl sites for hydroxylation is 1. The first kappa shape index (κ1) is 20.5. The molecule has 0 saturated heterocycles. The zero-order valence-corrected chi connectivity index (χ0v) is 17.4. The van der Waals surface area contributed by atoms with Crippen LogP contribution in [0.25, 0.3) is 11.0 Å². The van der Waals surface area contributed by atoms with Crippen molar-refractivity contribution in [2.45, 2.75) is 19.5 Å². The third-order valence-electron chi connectivity index (χ3n) is 5.54. The molecule has 0 fully saturated rings. The third kappa shape index (κ3) is 3.73. The van der Waals surface area contributed by atoms with E-state index in [0.717, 1.165) is 15.9 Å². The summed E-state index contributed by atoms with van der Waals surface area (Å²) >= 11 is 0. The van der Waals surface area contributed by atoms with Crippen molar-refractivity contribution in [2.24, 2.45) is 0 Å². The second-order valence-corrected chi connectivity index (χ2v) is 7.62. The summed E-state index contributed by atoms with van der Waals surface area (Å²) in [5.41, 5.74) is 1.89. The Balaban J connectivity index is 1.22. The molecule has 3 heterocycles. The van der Waals surface area contributed by atoms with Gasteiger partial charge >= 0.3 is 11.7 Å². The highest BCUT2D eigenvalue weighted by Gasteiger charge is 2.36. The van der Waals surface area contributed by atoms with Crippen LogP contribution in [0.15, 0.2) is 70.1 Å². The summed E-state index contributed by atoms with van der Waals surface area (Å²) in [4.78, 5) is 53.8. The molecule has 9 nitrogen and oxygen atoms in total. The number of esters is 1. The van der Waals surface area contributed by atoms with Crippen molar-refractivity contribution < 1.29 is 23.5 Å². The van der Waals surface area contributed by atoms with Gasteiger partial charge in [0.05, 0.1) is 47.1 Å². The number of para-hydroxylation sites is 2. The molecule has 0 unspecified atom stereocenters. The van der Waals surface area contributed by atoms with Crippen molar-refractivity contribution in [1.82, 2.24) is 14.5 Å². The summed E-state index contributed by atoms with van der Waals surface area (Å²) in [6, 6.07) is 15.0.